The fourth-order valence-corrected chi connectivity index (χ4v) is 3.15. The van der Waals surface area contributed by atoms with Crippen LogP contribution in [0, 0.1) is 13.8 Å². The summed E-state index contributed by atoms with van der Waals surface area (Å²) in [4.78, 5) is 20.6. The molecule has 0 fully saturated rings. The Morgan fingerprint density at radius 3 is 2.47 bits per heavy atom. The molecule has 4 aromatic rings. The van der Waals surface area contributed by atoms with E-state index in [1.54, 1.807) is 53.2 Å². The molecule has 0 aliphatic carbocycles. The van der Waals surface area contributed by atoms with Gasteiger partial charge in [0.1, 0.15) is 12.1 Å². The monoisotopic (exact) mass is 445 g/mol. The van der Waals surface area contributed by atoms with Gasteiger partial charge in [-0.3, -0.25) is 4.79 Å². The van der Waals surface area contributed by atoms with Crippen LogP contribution in [0.15, 0.2) is 73.1 Å². The van der Waals surface area contributed by atoms with E-state index in [0.29, 0.717) is 28.2 Å². The van der Waals surface area contributed by atoms with E-state index in [0.717, 1.165) is 17.0 Å². The molecule has 0 unspecified atom stereocenters. The van der Waals surface area contributed by atoms with Gasteiger partial charge in [-0.2, -0.15) is 5.10 Å². The summed E-state index contributed by atoms with van der Waals surface area (Å²) in [7, 11) is 0. The van der Waals surface area contributed by atoms with E-state index in [9.17, 15) is 4.79 Å². The minimum absolute atomic E-state index is 0.237. The number of rotatable bonds is 6. The van der Waals surface area contributed by atoms with Gasteiger partial charge in [0.15, 0.2) is 5.82 Å². The Bertz CT molecular complexity index is 1260. The van der Waals surface area contributed by atoms with Gasteiger partial charge in [0.25, 0.3) is 0 Å². The fraction of sp³-hybridized carbons (Fsp3) is 0.0833. The van der Waals surface area contributed by atoms with E-state index >= 15 is 0 Å². The molecule has 0 aliphatic rings. The lowest BCUT2D eigenvalue weighted by Crippen LogP contribution is -2.07. The van der Waals surface area contributed by atoms with Crippen molar-refractivity contribution in [1.82, 2.24) is 19.7 Å². The number of ether oxygens (including phenoxy) is 1. The number of aryl methyl sites for hydroxylation is 2. The van der Waals surface area contributed by atoms with Crippen molar-refractivity contribution in [3.05, 3.63) is 95.0 Å². The summed E-state index contributed by atoms with van der Waals surface area (Å²) in [6.45, 7) is 3.89. The highest BCUT2D eigenvalue weighted by Gasteiger charge is 2.08. The number of carbonyl (C=O) groups is 1. The second kappa shape index (κ2) is 9.45. The Kier molecular flexibility index (Phi) is 6.28. The van der Waals surface area contributed by atoms with Crippen LogP contribution < -0.4 is 10.1 Å². The minimum Gasteiger partial charge on any atom is -0.439 e. The van der Waals surface area contributed by atoms with Gasteiger partial charge in [-0.25, -0.2) is 14.6 Å². The Morgan fingerprint density at radius 2 is 1.78 bits per heavy atom. The van der Waals surface area contributed by atoms with Crippen LogP contribution in [0.3, 0.4) is 0 Å². The lowest BCUT2D eigenvalue weighted by atomic mass is 10.2. The molecule has 2 heterocycles. The highest BCUT2D eigenvalue weighted by Crippen LogP contribution is 2.23. The number of halogens is 1. The van der Waals surface area contributed by atoms with E-state index in [2.05, 4.69) is 20.4 Å². The molecule has 0 radical (unpaired) electrons. The number of hydrogen-bond acceptors (Lipinski definition) is 5. The SMILES string of the molecule is Cc1cc(C)n(-c2cc(Oc3ccc(NC(=O)/C=C/c4ccc(Cl)cc4)cc3)ncn2)n1. The summed E-state index contributed by atoms with van der Waals surface area (Å²) in [6.07, 6.45) is 4.62. The molecule has 2 aromatic heterocycles. The number of aromatic nitrogens is 4. The fourth-order valence-electron chi connectivity index (χ4n) is 3.02. The molecule has 2 aromatic carbocycles. The summed E-state index contributed by atoms with van der Waals surface area (Å²) in [6, 6.07) is 17.9. The first-order valence-electron chi connectivity index (χ1n) is 9.84. The molecule has 1 amide bonds. The van der Waals surface area contributed by atoms with Crippen molar-refractivity contribution in [1.29, 1.82) is 0 Å². The molecule has 4 rings (SSSR count). The van der Waals surface area contributed by atoms with Gasteiger partial charge >= 0.3 is 0 Å². The standard InChI is InChI=1S/C24H20ClN5O2/c1-16-13-17(2)30(29-16)22-14-24(27-15-26-22)32-21-10-8-20(9-11-21)28-23(31)12-5-18-3-6-19(25)7-4-18/h3-15H,1-2H3,(H,28,31)/b12-5+. The summed E-state index contributed by atoms with van der Waals surface area (Å²) in [5.41, 5.74) is 3.41. The normalized spacial score (nSPS) is 11.0. The third-order valence-corrected chi connectivity index (χ3v) is 4.75. The average molecular weight is 446 g/mol. The first kappa shape index (κ1) is 21.3. The number of carbonyl (C=O) groups excluding carboxylic acids is 1. The van der Waals surface area contributed by atoms with E-state index in [1.807, 2.05) is 32.0 Å². The number of benzene rings is 2. The lowest BCUT2D eigenvalue weighted by Gasteiger charge is -2.08. The Labute approximate surface area is 190 Å². The number of nitrogens with one attached hydrogen (secondary N) is 1. The van der Waals surface area contributed by atoms with Gasteiger partial charge in [-0.1, -0.05) is 23.7 Å². The molecule has 0 saturated carbocycles. The van der Waals surface area contributed by atoms with Crippen LogP contribution in [0.25, 0.3) is 11.9 Å². The van der Waals surface area contributed by atoms with E-state index in [-0.39, 0.29) is 5.91 Å². The maximum Gasteiger partial charge on any atom is 0.248 e. The summed E-state index contributed by atoms with van der Waals surface area (Å²) < 4.78 is 7.57. The molecule has 1 N–H and O–H groups in total. The zero-order valence-electron chi connectivity index (χ0n) is 17.5. The van der Waals surface area contributed by atoms with E-state index in [4.69, 9.17) is 16.3 Å². The first-order valence-corrected chi connectivity index (χ1v) is 10.2. The molecule has 0 spiro atoms. The van der Waals surface area contributed by atoms with Crippen LogP contribution in [-0.4, -0.2) is 25.7 Å². The minimum atomic E-state index is -0.237. The maximum absolute atomic E-state index is 12.1. The predicted molar refractivity (Wildman–Crippen MR) is 124 cm³/mol. The van der Waals surface area contributed by atoms with Crippen LogP contribution in [0.5, 0.6) is 11.6 Å². The molecule has 7 nitrogen and oxygen atoms in total. The maximum atomic E-state index is 12.1. The predicted octanol–water partition coefficient (Wildman–Crippen LogP) is 5.38. The van der Waals surface area contributed by atoms with Crippen molar-refractivity contribution in [2.75, 3.05) is 5.32 Å². The lowest BCUT2D eigenvalue weighted by molar-refractivity contribution is -0.111. The Morgan fingerprint density at radius 1 is 1.03 bits per heavy atom. The van der Waals surface area contributed by atoms with Crippen LogP contribution in [0.2, 0.25) is 5.02 Å². The Balaban J connectivity index is 1.39. The van der Waals surface area contributed by atoms with Crippen molar-refractivity contribution in [3.63, 3.8) is 0 Å². The zero-order valence-corrected chi connectivity index (χ0v) is 18.2. The van der Waals surface area contributed by atoms with Gasteiger partial charge < -0.3 is 10.1 Å². The van der Waals surface area contributed by atoms with Crippen molar-refractivity contribution < 1.29 is 9.53 Å². The highest BCUT2D eigenvalue weighted by atomic mass is 35.5. The number of hydrogen-bond donors (Lipinski definition) is 1. The molecular weight excluding hydrogens is 426 g/mol. The molecule has 8 heteroatoms. The summed E-state index contributed by atoms with van der Waals surface area (Å²) in [5.74, 6) is 1.36. The quantitative estimate of drug-likeness (QED) is 0.403. The molecule has 0 aliphatic heterocycles. The topological polar surface area (TPSA) is 81.9 Å². The van der Waals surface area contributed by atoms with Gasteiger partial charge in [0, 0.05) is 28.5 Å². The Hall–Kier alpha value is -3.97. The van der Waals surface area contributed by atoms with Crippen LogP contribution in [0.4, 0.5) is 5.69 Å². The smallest absolute Gasteiger partial charge is 0.248 e. The molecular formula is C24H20ClN5O2. The van der Waals surface area contributed by atoms with Crippen molar-refractivity contribution in [3.8, 4) is 17.4 Å². The zero-order chi connectivity index (χ0) is 22.5. The van der Waals surface area contributed by atoms with Gasteiger partial charge in [0.2, 0.25) is 11.8 Å². The summed E-state index contributed by atoms with van der Waals surface area (Å²) >= 11 is 5.86. The van der Waals surface area contributed by atoms with Gasteiger partial charge in [0.05, 0.1) is 5.69 Å². The second-order valence-corrected chi connectivity index (χ2v) is 7.49. The van der Waals surface area contributed by atoms with Gasteiger partial charge in [-0.05, 0) is 68.0 Å². The first-order chi connectivity index (χ1) is 15.5. The third-order valence-electron chi connectivity index (χ3n) is 4.50. The number of amides is 1. The third kappa shape index (κ3) is 5.39. The highest BCUT2D eigenvalue weighted by molar-refractivity contribution is 6.30. The molecule has 0 atom stereocenters. The number of nitrogens with zero attached hydrogens (tertiary/aromatic N) is 4. The molecule has 0 bridgehead atoms. The average Bonchev–Trinajstić information content (AvgIpc) is 3.13. The summed E-state index contributed by atoms with van der Waals surface area (Å²) in [5, 5.41) is 7.89. The molecule has 0 saturated heterocycles. The van der Waals surface area contributed by atoms with Crippen LogP contribution >= 0.6 is 11.6 Å². The van der Waals surface area contributed by atoms with Crippen LogP contribution in [-0.2, 0) is 4.79 Å². The molecule has 32 heavy (non-hydrogen) atoms. The van der Waals surface area contributed by atoms with E-state index < -0.39 is 0 Å². The van der Waals surface area contributed by atoms with Crippen molar-refractivity contribution in [2.45, 2.75) is 13.8 Å². The van der Waals surface area contributed by atoms with Crippen molar-refractivity contribution in [2.24, 2.45) is 0 Å². The largest absolute Gasteiger partial charge is 0.439 e. The van der Waals surface area contributed by atoms with E-state index in [1.165, 1.54) is 12.4 Å². The molecule has 160 valence electrons. The van der Waals surface area contributed by atoms with Gasteiger partial charge in [-0.15, -0.1) is 0 Å². The number of anilines is 1. The van der Waals surface area contributed by atoms with Crippen LogP contribution in [0.1, 0.15) is 17.0 Å². The second-order valence-electron chi connectivity index (χ2n) is 7.05. The van der Waals surface area contributed by atoms with Crippen molar-refractivity contribution >= 4 is 29.3 Å².